The van der Waals surface area contributed by atoms with Crippen LogP contribution in [0.2, 0.25) is 0 Å². The van der Waals surface area contributed by atoms with Crippen molar-refractivity contribution in [3.8, 4) is 0 Å². The number of benzene rings is 1. The fourth-order valence-corrected chi connectivity index (χ4v) is 2.05. The van der Waals surface area contributed by atoms with E-state index in [-0.39, 0.29) is 11.8 Å². The first-order valence-electron chi connectivity index (χ1n) is 6.03. The van der Waals surface area contributed by atoms with Gasteiger partial charge in [-0.2, -0.15) is 0 Å². The van der Waals surface area contributed by atoms with Gasteiger partial charge in [0.1, 0.15) is 0 Å². The smallest absolute Gasteiger partial charge is 0.229 e. The lowest BCUT2D eigenvalue weighted by Gasteiger charge is -2.17. The lowest BCUT2D eigenvalue weighted by molar-refractivity contribution is -0.130. The van der Waals surface area contributed by atoms with Gasteiger partial charge >= 0.3 is 0 Å². The first-order chi connectivity index (χ1) is 7.70. The lowest BCUT2D eigenvalue weighted by atomic mass is 9.95. The fourth-order valence-electron chi connectivity index (χ4n) is 2.05. The van der Waals surface area contributed by atoms with Gasteiger partial charge in [-0.05, 0) is 24.5 Å². The van der Waals surface area contributed by atoms with Crippen molar-refractivity contribution in [2.75, 3.05) is 13.6 Å². The van der Waals surface area contributed by atoms with E-state index in [0.717, 1.165) is 13.0 Å². The second-order valence-electron chi connectivity index (χ2n) is 3.93. The normalized spacial score (nSPS) is 19.4. The molecule has 1 aromatic rings. The van der Waals surface area contributed by atoms with Crippen LogP contribution in [-0.2, 0) is 11.2 Å². The summed E-state index contributed by atoms with van der Waals surface area (Å²) < 4.78 is 0. The van der Waals surface area contributed by atoms with Crippen LogP contribution < -0.4 is 0 Å². The third-order valence-corrected chi connectivity index (χ3v) is 2.98. The molecule has 1 heterocycles. The number of carbonyl (C=O) groups excluding carboxylic acids is 1. The molecule has 1 unspecified atom stereocenters. The molecule has 2 heteroatoms. The van der Waals surface area contributed by atoms with Crippen molar-refractivity contribution >= 4 is 5.91 Å². The fraction of sp³-hybridized carbons (Fsp3) is 0.500. The van der Waals surface area contributed by atoms with E-state index in [1.165, 1.54) is 11.1 Å². The summed E-state index contributed by atoms with van der Waals surface area (Å²) >= 11 is 0. The van der Waals surface area contributed by atoms with Crippen LogP contribution in [0.4, 0.5) is 0 Å². The molecule has 1 aliphatic heterocycles. The van der Waals surface area contributed by atoms with Gasteiger partial charge in [0.25, 0.3) is 0 Å². The highest BCUT2D eigenvalue weighted by Crippen LogP contribution is 2.25. The maximum absolute atomic E-state index is 11.8. The van der Waals surface area contributed by atoms with Gasteiger partial charge < -0.3 is 4.90 Å². The van der Waals surface area contributed by atoms with Gasteiger partial charge in [-0.3, -0.25) is 4.79 Å². The van der Waals surface area contributed by atoms with Crippen molar-refractivity contribution in [1.29, 1.82) is 0 Å². The lowest BCUT2D eigenvalue weighted by Crippen LogP contribution is -2.29. The predicted molar refractivity (Wildman–Crippen MR) is 67.5 cm³/mol. The highest BCUT2D eigenvalue weighted by atomic mass is 16.2. The molecule has 0 saturated heterocycles. The molecule has 1 amide bonds. The van der Waals surface area contributed by atoms with E-state index in [0.29, 0.717) is 0 Å². The summed E-state index contributed by atoms with van der Waals surface area (Å²) in [4.78, 5) is 13.7. The Bertz CT molecular complexity index is 360. The number of hydrogen-bond acceptors (Lipinski definition) is 1. The molecule has 0 radical (unpaired) electrons. The predicted octanol–water partition coefficient (Wildman–Crippen LogP) is 2.83. The van der Waals surface area contributed by atoms with Crippen molar-refractivity contribution in [1.82, 2.24) is 4.90 Å². The molecule has 0 saturated carbocycles. The Balaban J connectivity index is 0.000000606. The van der Waals surface area contributed by atoms with Gasteiger partial charge in [0.15, 0.2) is 0 Å². The average Bonchev–Trinajstić information content (AvgIpc) is 2.46. The van der Waals surface area contributed by atoms with E-state index < -0.39 is 0 Å². The quantitative estimate of drug-likeness (QED) is 0.657. The largest absolute Gasteiger partial charge is 0.345 e. The zero-order valence-electron chi connectivity index (χ0n) is 10.7. The first kappa shape index (κ1) is 12.8. The Morgan fingerprint density at radius 2 is 1.88 bits per heavy atom. The van der Waals surface area contributed by atoms with Crippen LogP contribution in [0.15, 0.2) is 24.3 Å². The number of likely N-dealkylation sites (N-methyl/N-ethyl adjacent to an activating group) is 1. The van der Waals surface area contributed by atoms with Crippen molar-refractivity contribution < 1.29 is 4.79 Å². The zero-order valence-corrected chi connectivity index (χ0v) is 10.7. The number of carbonyl (C=O) groups is 1. The van der Waals surface area contributed by atoms with E-state index in [9.17, 15) is 4.79 Å². The molecule has 0 N–H and O–H groups in total. The van der Waals surface area contributed by atoms with Crippen LogP contribution >= 0.6 is 0 Å². The summed E-state index contributed by atoms with van der Waals surface area (Å²) in [7, 11) is 1.88. The van der Waals surface area contributed by atoms with Crippen LogP contribution in [0.3, 0.4) is 0 Å². The number of hydrogen-bond donors (Lipinski definition) is 0. The molecule has 1 aromatic carbocycles. The number of amides is 1. The van der Waals surface area contributed by atoms with Gasteiger partial charge in [-0.15, -0.1) is 0 Å². The van der Waals surface area contributed by atoms with E-state index in [1.807, 2.05) is 44.9 Å². The van der Waals surface area contributed by atoms with Gasteiger partial charge in [0.2, 0.25) is 5.91 Å². The van der Waals surface area contributed by atoms with Crippen LogP contribution in [0.25, 0.3) is 0 Å². The third-order valence-electron chi connectivity index (χ3n) is 2.98. The summed E-state index contributed by atoms with van der Waals surface area (Å²) in [5.74, 6) is 0.244. The minimum Gasteiger partial charge on any atom is -0.345 e. The van der Waals surface area contributed by atoms with Crippen molar-refractivity contribution in [3.63, 3.8) is 0 Å². The second-order valence-corrected chi connectivity index (χ2v) is 3.93. The van der Waals surface area contributed by atoms with Crippen molar-refractivity contribution in [2.45, 2.75) is 33.1 Å². The summed E-state index contributed by atoms with van der Waals surface area (Å²) in [6, 6.07) is 8.24. The second kappa shape index (κ2) is 5.69. The SMILES string of the molecule is CC.CC1C(=O)N(C)CCc2ccccc21. The topological polar surface area (TPSA) is 20.3 Å². The Kier molecular flexibility index (Phi) is 4.53. The van der Waals surface area contributed by atoms with Crippen LogP contribution in [0.1, 0.15) is 37.8 Å². The van der Waals surface area contributed by atoms with Crippen LogP contribution in [-0.4, -0.2) is 24.4 Å². The minimum atomic E-state index is 0.0127. The minimum absolute atomic E-state index is 0.0127. The van der Waals surface area contributed by atoms with Crippen LogP contribution in [0.5, 0.6) is 0 Å². The standard InChI is InChI=1S/C12H15NO.C2H6/c1-9-11-6-4-3-5-10(11)7-8-13(2)12(9)14;1-2/h3-6,9H,7-8H2,1-2H3;1-2H3. The van der Waals surface area contributed by atoms with Gasteiger partial charge in [0, 0.05) is 13.6 Å². The molecule has 88 valence electrons. The highest BCUT2D eigenvalue weighted by Gasteiger charge is 2.24. The molecule has 1 atom stereocenters. The molecule has 2 rings (SSSR count). The number of rotatable bonds is 0. The Hall–Kier alpha value is -1.31. The van der Waals surface area contributed by atoms with E-state index in [4.69, 9.17) is 0 Å². The number of fused-ring (bicyclic) bond motifs is 1. The third kappa shape index (κ3) is 2.43. The molecule has 0 spiro atoms. The molecular formula is C14H21NO. The van der Waals surface area contributed by atoms with Crippen LogP contribution in [0, 0.1) is 0 Å². The highest BCUT2D eigenvalue weighted by molar-refractivity contribution is 5.84. The van der Waals surface area contributed by atoms with Gasteiger partial charge in [-0.1, -0.05) is 38.1 Å². The molecule has 1 aliphatic rings. The first-order valence-corrected chi connectivity index (χ1v) is 6.03. The summed E-state index contributed by atoms with van der Waals surface area (Å²) in [5, 5.41) is 0. The molecule has 0 aliphatic carbocycles. The molecule has 0 fully saturated rings. The zero-order chi connectivity index (χ0) is 12.1. The molecule has 16 heavy (non-hydrogen) atoms. The summed E-state index contributed by atoms with van der Waals surface area (Å²) in [5.41, 5.74) is 2.51. The van der Waals surface area contributed by atoms with E-state index in [1.54, 1.807) is 0 Å². The van der Waals surface area contributed by atoms with E-state index >= 15 is 0 Å². The van der Waals surface area contributed by atoms with Gasteiger partial charge in [0.05, 0.1) is 5.92 Å². The summed E-state index contributed by atoms with van der Waals surface area (Å²) in [6.07, 6.45) is 0.975. The Morgan fingerprint density at radius 1 is 1.25 bits per heavy atom. The average molecular weight is 219 g/mol. The molecular weight excluding hydrogens is 198 g/mol. The molecule has 0 bridgehead atoms. The maximum Gasteiger partial charge on any atom is 0.229 e. The molecule has 0 aromatic heterocycles. The van der Waals surface area contributed by atoms with E-state index in [2.05, 4.69) is 12.1 Å². The Morgan fingerprint density at radius 3 is 2.56 bits per heavy atom. The summed E-state index contributed by atoms with van der Waals surface area (Å²) in [6.45, 7) is 6.82. The molecule has 2 nitrogen and oxygen atoms in total. The number of nitrogens with zero attached hydrogens (tertiary/aromatic N) is 1. The van der Waals surface area contributed by atoms with Crippen molar-refractivity contribution in [3.05, 3.63) is 35.4 Å². The Labute approximate surface area is 98.3 Å². The monoisotopic (exact) mass is 219 g/mol. The van der Waals surface area contributed by atoms with Crippen molar-refractivity contribution in [2.24, 2.45) is 0 Å². The maximum atomic E-state index is 11.8. The van der Waals surface area contributed by atoms with Gasteiger partial charge in [-0.25, -0.2) is 0 Å².